The number of hydrogen-bond acceptors (Lipinski definition) is 4. The molecule has 0 saturated carbocycles. The quantitative estimate of drug-likeness (QED) is 0.682. The Bertz CT molecular complexity index is 281. The minimum Gasteiger partial charge on any atom is -0.480 e. The molecule has 1 heterocycles. The molecule has 5 heteroatoms. The highest BCUT2D eigenvalue weighted by Gasteiger charge is 2.27. The van der Waals surface area contributed by atoms with Crippen molar-refractivity contribution in [2.75, 3.05) is 33.2 Å². The molecule has 0 bridgehead atoms. The molecule has 1 aliphatic heterocycles. The number of nitrogens with two attached hydrogens (primary N) is 1. The van der Waals surface area contributed by atoms with Crippen molar-refractivity contribution in [2.45, 2.75) is 44.7 Å². The lowest BCUT2D eigenvalue weighted by molar-refractivity contribution is -0.142. The number of carbonyl (C=O) groups is 1. The minimum absolute atomic E-state index is 0.547. The summed E-state index contributed by atoms with van der Waals surface area (Å²) in [5.74, 6) is -0.907. The van der Waals surface area contributed by atoms with Crippen molar-refractivity contribution in [2.24, 2.45) is 5.73 Å². The molecule has 0 aliphatic carbocycles. The normalized spacial score (nSPS) is 25.9. The van der Waals surface area contributed by atoms with Crippen LogP contribution in [0.15, 0.2) is 0 Å². The molecule has 2 unspecified atom stereocenters. The Balaban J connectivity index is 2.17. The minimum atomic E-state index is -1.07. The van der Waals surface area contributed by atoms with Gasteiger partial charge in [0.15, 0.2) is 0 Å². The molecule has 5 nitrogen and oxygen atoms in total. The van der Waals surface area contributed by atoms with Crippen LogP contribution in [0.3, 0.4) is 0 Å². The monoisotopic (exact) mass is 257 g/mol. The summed E-state index contributed by atoms with van der Waals surface area (Å²) in [6.45, 7) is 8.22. The van der Waals surface area contributed by atoms with Crippen molar-refractivity contribution in [3.63, 3.8) is 0 Å². The Hall–Kier alpha value is -0.650. The smallest absolute Gasteiger partial charge is 0.323 e. The number of rotatable bonds is 6. The van der Waals surface area contributed by atoms with Gasteiger partial charge in [-0.3, -0.25) is 4.79 Å². The van der Waals surface area contributed by atoms with Gasteiger partial charge in [-0.05, 0) is 46.7 Å². The Morgan fingerprint density at radius 1 is 1.44 bits per heavy atom. The van der Waals surface area contributed by atoms with Gasteiger partial charge in [0.05, 0.1) is 0 Å². The molecule has 2 atom stereocenters. The molecule has 0 aromatic rings. The molecule has 1 fully saturated rings. The fourth-order valence-electron chi connectivity index (χ4n) is 2.26. The summed E-state index contributed by atoms with van der Waals surface area (Å²) >= 11 is 0. The number of carboxylic acids is 1. The predicted octanol–water partition coefficient (Wildman–Crippen LogP) is 0.595. The van der Waals surface area contributed by atoms with Crippen LogP contribution in [0.1, 0.15) is 33.1 Å². The van der Waals surface area contributed by atoms with Crippen molar-refractivity contribution in [1.82, 2.24) is 9.80 Å². The highest BCUT2D eigenvalue weighted by atomic mass is 16.4. The lowest BCUT2D eigenvalue weighted by Crippen LogP contribution is -2.50. The van der Waals surface area contributed by atoms with Gasteiger partial charge < -0.3 is 20.6 Å². The van der Waals surface area contributed by atoms with E-state index in [1.54, 1.807) is 6.92 Å². The fourth-order valence-corrected chi connectivity index (χ4v) is 2.26. The predicted molar refractivity (Wildman–Crippen MR) is 72.6 cm³/mol. The molecule has 1 aliphatic rings. The van der Waals surface area contributed by atoms with Gasteiger partial charge >= 0.3 is 5.97 Å². The van der Waals surface area contributed by atoms with Gasteiger partial charge in [0.25, 0.3) is 0 Å². The number of piperazine rings is 1. The average molecular weight is 257 g/mol. The lowest BCUT2D eigenvalue weighted by Gasteiger charge is -2.37. The van der Waals surface area contributed by atoms with Gasteiger partial charge in [-0.15, -0.1) is 0 Å². The molecule has 1 rings (SSSR count). The maximum atomic E-state index is 10.9. The molecular formula is C13H27N3O2. The molecular weight excluding hydrogens is 230 g/mol. The van der Waals surface area contributed by atoms with Gasteiger partial charge in [0.2, 0.25) is 0 Å². The van der Waals surface area contributed by atoms with Gasteiger partial charge in [0, 0.05) is 25.7 Å². The van der Waals surface area contributed by atoms with E-state index in [1.165, 1.54) is 0 Å². The first kappa shape index (κ1) is 15.4. The first-order valence-electron chi connectivity index (χ1n) is 6.78. The van der Waals surface area contributed by atoms with Crippen LogP contribution in [0.4, 0.5) is 0 Å². The van der Waals surface area contributed by atoms with Crippen LogP contribution in [-0.4, -0.2) is 65.7 Å². The SMILES string of the molecule is CC1CN(CCCCC(C)(N)C(=O)O)CCN1C. The second-order valence-electron chi connectivity index (χ2n) is 5.81. The second kappa shape index (κ2) is 6.50. The Morgan fingerprint density at radius 3 is 2.67 bits per heavy atom. The molecule has 106 valence electrons. The van der Waals surface area contributed by atoms with Gasteiger partial charge in [0.1, 0.15) is 5.54 Å². The third-order valence-corrected chi connectivity index (χ3v) is 3.95. The Labute approximate surface area is 110 Å². The number of nitrogens with zero attached hydrogens (tertiary/aromatic N) is 2. The first-order valence-corrected chi connectivity index (χ1v) is 6.78. The number of carboxylic acid groups (broad SMARTS) is 1. The summed E-state index contributed by atoms with van der Waals surface area (Å²) in [6.07, 6.45) is 2.45. The van der Waals surface area contributed by atoms with E-state index in [9.17, 15) is 4.79 Å². The van der Waals surface area contributed by atoms with E-state index in [2.05, 4.69) is 23.8 Å². The van der Waals surface area contributed by atoms with Crippen LogP contribution in [0.25, 0.3) is 0 Å². The second-order valence-corrected chi connectivity index (χ2v) is 5.81. The summed E-state index contributed by atoms with van der Waals surface area (Å²) in [7, 11) is 2.16. The molecule has 0 aromatic carbocycles. The fraction of sp³-hybridized carbons (Fsp3) is 0.923. The third kappa shape index (κ3) is 4.55. The molecule has 1 saturated heterocycles. The maximum absolute atomic E-state index is 10.9. The molecule has 0 spiro atoms. The van der Waals surface area contributed by atoms with Crippen LogP contribution in [0.5, 0.6) is 0 Å². The van der Waals surface area contributed by atoms with E-state index in [1.807, 2.05) is 0 Å². The van der Waals surface area contributed by atoms with Crippen LogP contribution in [0.2, 0.25) is 0 Å². The van der Waals surface area contributed by atoms with Crippen molar-refractivity contribution in [3.8, 4) is 0 Å². The lowest BCUT2D eigenvalue weighted by atomic mass is 9.96. The molecule has 18 heavy (non-hydrogen) atoms. The largest absolute Gasteiger partial charge is 0.480 e. The van der Waals surface area contributed by atoms with Crippen LogP contribution < -0.4 is 5.73 Å². The third-order valence-electron chi connectivity index (χ3n) is 3.95. The molecule has 0 amide bonds. The van der Waals surface area contributed by atoms with Crippen LogP contribution in [0, 0.1) is 0 Å². The van der Waals surface area contributed by atoms with Crippen molar-refractivity contribution in [1.29, 1.82) is 0 Å². The Morgan fingerprint density at radius 2 is 2.11 bits per heavy atom. The standard InChI is InChI=1S/C13H27N3O2/c1-11-10-16(9-8-15(11)3)7-5-4-6-13(2,14)12(17)18/h11H,4-10,14H2,1-3H3,(H,17,18). The summed E-state index contributed by atoms with van der Waals surface area (Å²) in [5, 5.41) is 8.91. The molecule has 0 radical (unpaired) electrons. The maximum Gasteiger partial charge on any atom is 0.323 e. The zero-order chi connectivity index (χ0) is 13.8. The van der Waals surface area contributed by atoms with E-state index >= 15 is 0 Å². The van der Waals surface area contributed by atoms with Crippen LogP contribution >= 0.6 is 0 Å². The zero-order valence-corrected chi connectivity index (χ0v) is 11.9. The molecule has 0 aromatic heterocycles. The van der Waals surface area contributed by atoms with E-state index in [-0.39, 0.29) is 0 Å². The number of aliphatic carboxylic acids is 1. The molecule has 3 N–H and O–H groups in total. The number of likely N-dealkylation sites (N-methyl/N-ethyl adjacent to an activating group) is 1. The summed E-state index contributed by atoms with van der Waals surface area (Å²) < 4.78 is 0. The zero-order valence-electron chi connectivity index (χ0n) is 11.9. The summed E-state index contributed by atoms with van der Waals surface area (Å²) in [4.78, 5) is 15.7. The topological polar surface area (TPSA) is 69.8 Å². The highest BCUT2D eigenvalue weighted by molar-refractivity contribution is 5.77. The van der Waals surface area contributed by atoms with E-state index in [0.717, 1.165) is 39.0 Å². The number of hydrogen-bond donors (Lipinski definition) is 2. The van der Waals surface area contributed by atoms with Gasteiger partial charge in [-0.2, -0.15) is 0 Å². The van der Waals surface area contributed by atoms with Crippen molar-refractivity contribution in [3.05, 3.63) is 0 Å². The summed E-state index contributed by atoms with van der Waals surface area (Å²) in [5.41, 5.74) is 4.63. The first-order chi connectivity index (χ1) is 8.33. The van der Waals surface area contributed by atoms with E-state index in [0.29, 0.717) is 12.5 Å². The van der Waals surface area contributed by atoms with Crippen molar-refractivity contribution < 1.29 is 9.90 Å². The Kier molecular flexibility index (Phi) is 5.56. The number of unbranched alkanes of at least 4 members (excludes halogenated alkanes) is 1. The van der Waals surface area contributed by atoms with Crippen molar-refractivity contribution >= 4 is 5.97 Å². The van der Waals surface area contributed by atoms with Gasteiger partial charge in [-0.1, -0.05) is 0 Å². The van der Waals surface area contributed by atoms with Gasteiger partial charge in [-0.25, -0.2) is 0 Å². The van der Waals surface area contributed by atoms with E-state index < -0.39 is 11.5 Å². The highest BCUT2D eigenvalue weighted by Crippen LogP contribution is 2.13. The summed E-state index contributed by atoms with van der Waals surface area (Å²) in [6, 6.07) is 0.609. The van der Waals surface area contributed by atoms with E-state index in [4.69, 9.17) is 10.8 Å². The average Bonchev–Trinajstić information content (AvgIpc) is 2.29. The van der Waals surface area contributed by atoms with Crippen LogP contribution in [-0.2, 0) is 4.79 Å².